The Labute approximate surface area is 176 Å². The summed E-state index contributed by atoms with van der Waals surface area (Å²) in [5.41, 5.74) is 1.54. The summed E-state index contributed by atoms with van der Waals surface area (Å²) in [5, 5.41) is 5.69. The first-order chi connectivity index (χ1) is 14.6. The Morgan fingerprint density at radius 3 is 2.73 bits per heavy atom. The van der Waals surface area contributed by atoms with Gasteiger partial charge in [-0.15, -0.1) is 0 Å². The number of nitrogens with zero attached hydrogens (tertiary/aromatic N) is 1. The van der Waals surface area contributed by atoms with Crippen molar-refractivity contribution in [1.82, 2.24) is 10.2 Å². The number of rotatable bonds is 8. The maximum atomic E-state index is 14.0. The number of benzene rings is 2. The number of hydrogen-bond donors (Lipinski definition) is 2. The topological polar surface area (TPSA) is 70.7 Å². The lowest BCUT2D eigenvalue weighted by Gasteiger charge is -2.32. The summed E-state index contributed by atoms with van der Waals surface area (Å²) in [7, 11) is 1.57. The van der Waals surface area contributed by atoms with Crippen molar-refractivity contribution in [2.24, 2.45) is 5.92 Å². The number of hydrogen-bond acceptors (Lipinski definition) is 4. The first kappa shape index (κ1) is 21.9. The molecule has 6 nitrogen and oxygen atoms in total. The Morgan fingerprint density at radius 2 is 1.93 bits per heavy atom. The van der Waals surface area contributed by atoms with Gasteiger partial charge in [-0.2, -0.15) is 0 Å². The minimum Gasteiger partial charge on any atom is -0.383 e. The normalized spacial score (nSPS) is 16.8. The van der Waals surface area contributed by atoms with Crippen LogP contribution in [0.15, 0.2) is 48.5 Å². The quantitative estimate of drug-likeness (QED) is 0.653. The van der Waals surface area contributed by atoms with Crippen LogP contribution in [0.1, 0.15) is 28.8 Å². The largest absolute Gasteiger partial charge is 0.383 e. The number of anilines is 1. The van der Waals surface area contributed by atoms with E-state index in [-0.39, 0.29) is 23.5 Å². The average molecular weight is 413 g/mol. The van der Waals surface area contributed by atoms with E-state index in [9.17, 15) is 14.0 Å². The molecular formula is C23H28FN3O3. The van der Waals surface area contributed by atoms with E-state index in [1.165, 1.54) is 6.07 Å². The van der Waals surface area contributed by atoms with Crippen LogP contribution in [-0.4, -0.2) is 50.1 Å². The summed E-state index contributed by atoms with van der Waals surface area (Å²) in [5.74, 6) is -0.814. The van der Waals surface area contributed by atoms with E-state index in [0.29, 0.717) is 43.1 Å². The van der Waals surface area contributed by atoms with Gasteiger partial charge in [0.25, 0.3) is 5.91 Å². The van der Waals surface area contributed by atoms with E-state index in [0.717, 1.165) is 19.4 Å². The van der Waals surface area contributed by atoms with E-state index in [1.54, 1.807) is 43.5 Å². The molecule has 0 aromatic heterocycles. The fourth-order valence-electron chi connectivity index (χ4n) is 3.67. The summed E-state index contributed by atoms with van der Waals surface area (Å²) in [4.78, 5) is 27.4. The second-order valence-electron chi connectivity index (χ2n) is 7.45. The van der Waals surface area contributed by atoms with Crippen LogP contribution in [0.5, 0.6) is 0 Å². The molecular weight excluding hydrogens is 385 g/mol. The molecule has 1 atom stereocenters. The predicted molar refractivity (Wildman–Crippen MR) is 114 cm³/mol. The monoisotopic (exact) mass is 413 g/mol. The van der Waals surface area contributed by atoms with Crippen molar-refractivity contribution in [2.45, 2.75) is 19.4 Å². The Balaban J connectivity index is 1.62. The summed E-state index contributed by atoms with van der Waals surface area (Å²) in [6, 6.07) is 13.7. The van der Waals surface area contributed by atoms with Gasteiger partial charge in [-0.1, -0.05) is 30.3 Å². The first-order valence-electron chi connectivity index (χ1n) is 10.2. The van der Waals surface area contributed by atoms with Gasteiger partial charge >= 0.3 is 0 Å². The van der Waals surface area contributed by atoms with E-state index >= 15 is 0 Å². The number of amides is 2. The van der Waals surface area contributed by atoms with Gasteiger partial charge in [0.1, 0.15) is 5.82 Å². The number of likely N-dealkylation sites (tertiary alicyclic amines) is 1. The zero-order valence-corrected chi connectivity index (χ0v) is 17.2. The van der Waals surface area contributed by atoms with Crippen molar-refractivity contribution in [2.75, 3.05) is 38.7 Å². The third-order valence-corrected chi connectivity index (χ3v) is 5.25. The van der Waals surface area contributed by atoms with Gasteiger partial charge in [0, 0.05) is 32.3 Å². The molecule has 1 saturated heterocycles. The van der Waals surface area contributed by atoms with Gasteiger partial charge in [0.2, 0.25) is 5.91 Å². The summed E-state index contributed by atoms with van der Waals surface area (Å²) in [6.45, 7) is 2.68. The standard InChI is InChI=1S/C23H28FN3O3/c1-30-14-12-25-23(29)19-9-3-5-11-21(19)26-22(28)18-8-6-13-27(16-18)15-17-7-2-4-10-20(17)24/h2-5,7,9-11,18H,6,8,12-16H2,1H3,(H,25,29)(H,26,28). The van der Waals surface area contributed by atoms with Crippen LogP contribution in [0.2, 0.25) is 0 Å². The Bertz CT molecular complexity index is 874. The number of nitrogens with one attached hydrogen (secondary N) is 2. The number of ether oxygens (including phenoxy) is 1. The molecule has 0 spiro atoms. The minimum atomic E-state index is -0.257. The predicted octanol–water partition coefficient (Wildman–Crippen LogP) is 3.05. The van der Waals surface area contributed by atoms with Crippen molar-refractivity contribution < 1.29 is 18.7 Å². The zero-order valence-electron chi connectivity index (χ0n) is 17.2. The molecule has 0 radical (unpaired) electrons. The highest BCUT2D eigenvalue weighted by molar-refractivity contribution is 6.04. The van der Waals surface area contributed by atoms with E-state index in [1.807, 2.05) is 6.07 Å². The molecule has 7 heteroatoms. The Hall–Kier alpha value is -2.77. The highest BCUT2D eigenvalue weighted by Gasteiger charge is 2.27. The van der Waals surface area contributed by atoms with Crippen molar-refractivity contribution in [3.05, 3.63) is 65.5 Å². The smallest absolute Gasteiger partial charge is 0.253 e. The molecule has 30 heavy (non-hydrogen) atoms. The molecule has 1 fully saturated rings. The lowest BCUT2D eigenvalue weighted by Crippen LogP contribution is -2.40. The van der Waals surface area contributed by atoms with Crippen LogP contribution < -0.4 is 10.6 Å². The van der Waals surface area contributed by atoms with Gasteiger partial charge in [0.05, 0.1) is 23.8 Å². The number of carbonyl (C=O) groups is 2. The van der Waals surface area contributed by atoms with Crippen LogP contribution in [0.4, 0.5) is 10.1 Å². The number of piperidine rings is 1. The molecule has 1 heterocycles. The number of carbonyl (C=O) groups excluding carboxylic acids is 2. The van der Waals surface area contributed by atoms with Gasteiger partial charge in [-0.3, -0.25) is 14.5 Å². The molecule has 1 unspecified atom stereocenters. The fraction of sp³-hybridized carbons (Fsp3) is 0.391. The van der Waals surface area contributed by atoms with Gasteiger partial charge in [-0.25, -0.2) is 4.39 Å². The molecule has 0 bridgehead atoms. The fourth-order valence-corrected chi connectivity index (χ4v) is 3.67. The second-order valence-corrected chi connectivity index (χ2v) is 7.45. The number of halogens is 1. The van der Waals surface area contributed by atoms with E-state index < -0.39 is 0 Å². The summed E-state index contributed by atoms with van der Waals surface area (Å²) in [6.07, 6.45) is 1.63. The molecule has 0 aliphatic carbocycles. The van der Waals surface area contributed by atoms with Crippen molar-refractivity contribution in [3.63, 3.8) is 0 Å². The summed E-state index contributed by atoms with van der Waals surface area (Å²) < 4.78 is 18.9. The molecule has 1 aliphatic heterocycles. The maximum absolute atomic E-state index is 14.0. The van der Waals surface area contributed by atoms with Crippen molar-refractivity contribution in [1.29, 1.82) is 0 Å². The maximum Gasteiger partial charge on any atom is 0.253 e. The lowest BCUT2D eigenvalue weighted by molar-refractivity contribution is -0.121. The third-order valence-electron chi connectivity index (χ3n) is 5.25. The van der Waals surface area contributed by atoms with E-state index in [2.05, 4.69) is 15.5 Å². The second kappa shape index (κ2) is 10.8. The van der Waals surface area contributed by atoms with Crippen LogP contribution in [0, 0.1) is 11.7 Å². The number of para-hydroxylation sites is 1. The Kier molecular flexibility index (Phi) is 7.93. The van der Waals surface area contributed by atoms with Gasteiger partial charge in [0.15, 0.2) is 0 Å². The Morgan fingerprint density at radius 1 is 1.17 bits per heavy atom. The summed E-state index contributed by atoms with van der Waals surface area (Å²) >= 11 is 0. The van der Waals surface area contributed by atoms with Crippen molar-refractivity contribution in [3.8, 4) is 0 Å². The minimum absolute atomic E-state index is 0.120. The van der Waals surface area contributed by atoms with Gasteiger partial charge in [-0.05, 0) is 37.6 Å². The lowest BCUT2D eigenvalue weighted by atomic mass is 9.96. The molecule has 2 aromatic carbocycles. The SMILES string of the molecule is COCCNC(=O)c1ccccc1NC(=O)C1CCCN(Cc2ccccc2F)C1. The number of methoxy groups -OCH3 is 1. The molecule has 2 N–H and O–H groups in total. The molecule has 0 saturated carbocycles. The molecule has 2 aromatic rings. The van der Waals surface area contributed by atoms with Crippen LogP contribution in [0.25, 0.3) is 0 Å². The highest BCUT2D eigenvalue weighted by atomic mass is 19.1. The van der Waals surface area contributed by atoms with Crippen LogP contribution >= 0.6 is 0 Å². The molecule has 1 aliphatic rings. The molecule has 2 amide bonds. The third kappa shape index (κ3) is 5.87. The van der Waals surface area contributed by atoms with Crippen LogP contribution in [-0.2, 0) is 16.1 Å². The first-order valence-corrected chi connectivity index (χ1v) is 10.2. The zero-order chi connectivity index (χ0) is 21.3. The van der Waals surface area contributed by atoms with Crippen molar-refractivity contribution >= 4 is 17.5 Å². The van der Waals surface area contributed by atoms with Gasteiger partial charge < -0.3 is 15.4 Å². The molecule has 160 valence electrons. The average Bonchev–Trinajstić information content (AvgIpc) is 2.76. The van der Waals surface area contributed by atoms with E-state index in [4.69, 9.17) is 4.74 Å². The van der Waals surface area contributed by atoms with Crippen LogP contribution in [0.3, 0.4) is 0 Å². The molecule has 3 rings (SSSR count). The highest BCUT2D eigenvalue weighted by Crippen LogP contribution is 2.22.